The Bertz CT molecular complexity index is 1150. The van der Waals surface area contributed by atoms with Gasteiger partial charge in [-0.15, -0.1) is 0 Å². The normalized spacial score (nSPS) is 15.9. The third kappa shape index (κ3) is 5.00. The van der Waals surface area contributed by atoms with E-state index in [9.17, 15) is 26.7 Å². The smallest absolute Gasteiger partial charge is 0.253 e. The summed E-state index contributed by atoms with van der Waals surface area (Å²) >= 11 is 0. The average molecular weight is 453 g/mol. The number of aromatic hydroxyl groups is 1. The van der Waals surface area contributed by atoms with Gasteiger partial charge in [0.2, 0.25) is 10.0 Å². The number of nitrogens with zero attached hydrogens (tertiary/aromatic N) is 2. The highest BCUT2D eigenvalue weighted by molar-refractivity contribution is 7.90. The van der Waals surface area contributed by atoms with Gasteiger partial charge in [-0.2, -0.15) is 4.31 Å². The van der Waals surface area contributed by atoms with Gasteiger partial charge < -0.3 is 10.0 Å². The predicted octanol–water partition coefficient (Wildman–Crippen LogP) is 1.39. The molecule has 30 heavy (non-hydrogen) atoms. The molecule has 1 heterocycles. The SMILES string of the molecule is Cc1ccc(O)c(S(=O)(=O)N2CCN(C(=O)c3ccc(CS(C)(=O)=O)cc3)CC2)c1. The molecule has 8 nitrogen and oxygen atoms in total. The summed E-state index contributed by atoms with van der Waals surface area (Å²) in [7, 11) is -7.02. The molecule has 0 radical (unpaired) electrons. The maximum atomic E-state index is 12.9. The molecule has 1 N–H and O–H groups in total. The maximum absolute atomic E-state index is 12.9. The van der Waals surface area contributed by atoms with Crippen LogP contribution in [0.3, 0.4) is 0 Å². The van der Waals surface area contributed by atoms with Crippen molar-refractivity contribution in [1.82, 2.24) is 9.21 Å². The Kier molecular flexibility index (Phi) is 6.21. The van der Waals surface area contributed by atoms with Gasteiger partial charge in [0.15, 0.2) is 9.84 Å². The Morgan fingerprint density at radius 1 is 0.967 bits per heavy atom. The van der Waals surface area contributed by atoms with Crippen molar-refractivity contribution in [3.05, 3.63) is 59.2 Å². The maximum Gasteiger partial charge on any atom is 0.253 e. The fourth-order valence-corrected chi connectivity index (χ4v) is 5.71. The van der Waals surface area contributed by atoms with Crippen LogP contribution in [0.4, 0.5) is 0 Å². The molecule has 10 heteroatoms. The average Bonchev–Trinajstić information content (AvgIpc) is 2.68. The van der Waals surface area contributed by atoms with E-state index in [0.717, 1.165) is 11.8 Å². The summed E-state index contributed by atoms with van der Waals surface area (Å²) in [6.45, 7) is 2.42. The minimum absolute atomic E-state index is 0.0934. The van der Waals surface area contributed by atoms with Crippen LogP contribution in [0.25, 0.3) is 0 Å². The molecule has 0 bridgehead atoms. The van der Waals surface area contributed by atoms with Crippen LogP contribution < -0.4 is 0 Å². The van der Waals surface area contributed by atoms with Crippen LogP contribution >= 0.6 is 0 Å². The number of aryl methyl sites for hydroxylation is 1. The van der Waals surface area contributed by atoms with E-state index < -0.39 is 19.9 Å². The number of amides is 1. The minimum atomic E-state index is -3.86. The number of hydrogen-bond donors (Lipinski definition) is 1. The molecule has 1 saturated heterocycles. The van der Waals surface area contributed by atoms with Crippen molar-refractivity contribution in [2.24, 2.45) is 0 Å². The molecule has 3 rings (SSSR count). The zero-order chi connectivity index (χ0) is 22.1. The molecule has 0 spiro atoms. The van der Waals surface area contributed by atoms with Crippen LogP contribution in [0.1, 0.15) is 21.5 Å². The van der Waals surface area contributed by atoms with Crippen molar-refractivity contribution in [1.29, 1.82) is 0 Å². The molecule has 1 amide bonds. The molecular formula is C20H24N2O6S2. The van der Waals surface area contributed by atoms with Crippen LogP contribution in [-0.2, 0) is 25.6 Å². The Balaban J connectivity index is 1.68. The number of phenols is 1. The van der Waals surface area contributed by atoms with Crippen molar-refractivity contribution in [3.63, 3.8) is 0 Å². The van der Waals surface area contributed by atoms with Crippen molar-refractivity contribution < 1.29 is 26.7 Å². The number of sulfonamides is 1. The van der Waals surface area contributed by atoms with E-state index in [1.165, 1.54) is 16.4 Å². The number of carbonyl (C=O) groups is 1. The molecule has 0 unspecified atom stereocenters. The van der Waals surface area contributed by atoms with Gasteiger partial charge >= 0.3 is 0 Å². The third-order valence-electron chi connectivity index (χ3n) is 4.89. The van der Waals surface area contributed by atoms with E-state index in [2.05, 4.69) is 0 Å². The first kappa shape index (κ1) is 22.3. The zero-order valence-corrected chi connectivity index (χ0v) is 18.4. The second-order valence-electron chi connectivity index (χ2n) is 7.43. The van der Waals surface area contributed by atoms with E-state index in [4.69, 9.17) is 0 Å². The van der Waals surface area contributed by atoms with Crippen molar-refractivity contribution in [2.75, 3.05) is 32.4 Å². The second-order valence-corrected chi connectivity index (χ2v) is 11.5. The first-order valence-corrected chi connectivity index (χ1v) is 12.8. The largest absolute Gasteiger partial charge is 0.507 e. The van der Waals surface area contributed by atoms with Gasteiger partial charge in [0.25, 0.3) is 5.91 Å². The molecular weight excluding hydrogens is 428 g/mol. The highest BCUT2D eigenvalue weighted by Crippen LogP contribution is 2.27. The van der Waals surface area contributed by atoms with Crippen LogP contribution in [0, 0.1) is 6.92 Å². The first-order valence-electron chi connectivity index (χ1n) is 9.33. The van der Waals surface area contributed by atoms with Crippen molar-refractivity contribution in [3.8, 4) is 5.75 Å². The lowest BCUT2D eigenvalue weighted by Crippen LogP contribution is -2.50. The van der Waals surface area contributed by atoms with Crippen LogP contribution in [0.2, 0.25) is 0 Å². The summed E-state index contributed by atoms with van der Waals surface area (Å²) in [5.41, 5.74) is 1.74. The Morgan fingerprint density at radius 3 is 2.13 bits per heavy atom. The molecule has 2 aromatic rings. The summed E-state index contributed by atoms with van der Waals surface area (Å²) in [6, 6.07) is 10.8. The van der Waals surface area contributed by atoms with E-state index in [0.29, 0.717) is 11.1 Å². The number of piperazine rings is 1. The quantitative estimate of drug-likeness (QED) is 0.734. The number of benzene rings is 2. The number of sulfone groups is 1. The van der Waals surface area contributed by atoms with Crippen LogP contribution in [-0.4, -0.2) is 69.5 Å². The Labute approximate surface area is 176 Å². The molecule has 0 atom stereocenters. The first-order chi connectivity index (χ1) is 14.0. The van der Waals surface area contributed by atoms with E-state index in [-0.39, 0.29) is 48.5 Å². The lowest BCUT2D eigenvalue weighted by atomic mass is 10.1. The lowest BCUT2D eigenvalue weighted by Gasteiger charge is -2.34. The summed E-state index contributed by atoms with van der Waals surface area (Å²) in [5.74, 6) is -0.631. The summed E-state index contributed by atoms with van der Waals surface area (Å²) in [6.07, 6.45) is 1.15. The molecule has 2 aromatic carbocycles. The van der Waals surface area contributed by atoms with Crippen molar-refractivity contribution in [2.45, 2.75) is 17.6 Å². The van der Waals surface area contributed by atoms with E-state index in [1.54, 1.807) is 42.2 Å². The van der Waals surface area contributed by atoms with Gasteiger partial charge in [-0.05, 0) is 42.3 Å². The van der Waals surface area contributed by atoms with Gasteiger partial charge in [0.1, 0.15) is 10.6 Å². The van der Waals surface area contributed by atoms with Crippen LogP contribution in [0.15, 0.2) is 47.4 Å². The summed E-state index contributed by atoms with van der Waals surface area (Å²) < 4.78 is 49.8. The monoisotopic (exact) mass is 452 g/mol. The van der Waals surface area contributed by atoms with Crippen molar-refractivity contribution >= 4 is 25.8 Å². The van der Waals surface area contributed by atoms with Gasteiger partial charge in [-0.1, -0.05) is 18.2 Å². The molecule has 0 aromatic heterocycles. The summed E-state index contributed by atoms with van der Waals surface area (Å²) in [4.78, 5) is 14.1. The number of carbonyl (C=O) groups excluding carboxylic acids is 1. The fraction of sp³-hybridized carbons (Fsp3) is 0.350. The van der Waals surface area contributed by atoms with Gasteiger partial charge in [-0.3, -0.25) is 4.79 Å². The molecule has 1 aliphatic rings. The van der Waals surface area contributed by atoms with E-state index in [1.807, 2.05) is 0 Å². The number of rotatable bonds is 5. The minimum Gasteiger partial charge on any atom is -0.507 e. The Hall–Kier alpha value is -2.43. The molecule has 1 fully saturated rings. The van der Waals surface area contributed by atoms with Crippen LogP contribution in [0.5, 0.6) is 5.75 Å². The topological polar surface area (TPSA) is 112 Å². The molecule has 0 saturated carbocycles. The fourth-order valence-electron chi connectivity index (χ4n) is 3.33. The number of phenolic OH excluding ortho intramolecular Hbond substituents is 1. The molecule has 1 aliphatic heterocycles. The molecule has 0 aliphatic carbocycles. The zero-order valence-electron chi connectivity index (χ0n) is 16.8. The number of hydrogen-bond acceptors (Lipinski definition) is 6. The van der Waals surface area contributed by atoms with E-state index >= 15 is 0 Å². The standard InChI is InChI=1S/C20H24N2O6S2/c1-15-3-8-18(23)19(13-15)30(27,28)22-11-9-21(10-12-22)20(24)17-6-4-16(5-7-17)14-29(2,25)26/h3-8,13,23H,9-12,14H2,1-2H3. The molecule has 162 valence electrons. The highest BCUT2D eigenvalue weighted by Gasteiger charge is 2.32. The Morgan fingerprint density at radius 2 is 1.57 bits per heavy atom. The summed E-state index contributed by atoms with van der Waals surface area (Å²) in [5, 5.41) is 9.98. The third-order valence-corrected chi connectivity index (χ3v) is 7.67. The second kappa shape index (κ2) is 8.37. The predicted molar refractivity (Wildman–Crippen MR) is 112 cm³/mol. The van der Waals surface area contributed by atoms with Gasteiger partial charge in [0.05, 0.1) is 5.75 Å². The lowest BCUT2D eigenvalue weighted by molar-refractivity contribution is 0.0697. The highest BCUT2D eigenvalue weighted by atomic mass is 32.2. The van der Waals surface area contributed by atoms with Gasteiger partial charge in [0, 0.05) is 38.0 Å². The van der Waals surface area contributed by atoms with Gasteiger partial charge in [-0.25, -0.2) is 16.8 Å².